The number of aromatic nitrogens is 3. The average molecular weight is 224 g/mol. The van der Waals surface area contributed by atoms with Gasteiger partial charge >= 0.3 is 0 Å². The van der Waals surface area contributed by atoms with E-state index in [-0.39, 0.29) is 0 Å². The summed E-state index contributed by atoms with van der Waals surface area (Å²) in [5.74, 6) is 2.39. The molecule has 5 heteroatoms. The summed E-state index contributed by atoms with van der Waals surface area (Å²) >= 11 is 0. The van der Waals surface area contributed by atoms with Crippen molar-refractivity contribution in [1.82, 2.24) is 19.7 Å². The van der Waals surface area contributed by atoms with Gasteiger partial charge in [0.15, 0.2) is 0 Å². The van der Waals surface area contributed by atoms with Gasteiger partial charge < -0.3 is 9.67 Å². The highest BCUT2D eigenvalue weighted by Crippen LogP contribution is 2.17. The Morgan fingerprint density at radius 3 is 2.88 bits per heavy atom. The Kier molecular flexibility index (Phi) is 3.56. The molecule has 1 aliphatic rings. The normalized spacial score (nSPS) is 22.6. The number of piperidine rings is 1. The summed E-state index contributed by atoms with van der Waals surface area (Å²) < 4.78 is 2.03. The second-order valence-electron chi connectivity index (χ2n) is 4.65. The van der Waals surface area contributed by atoms with Gasteiger partial charge in [0.25, 0.3) is 0 Å². The highest BCUT2D eigenvalue weighted by Gasteiger charge is 2.20. The van der Waals surface area contributed by atoms with E-state index < -0.39 is 0 Å². The van der Waals surface area contributed by atoms with E-state index in [1.165, 1.54) is 6.42 Å². The van der Waals surface area contributed by atoms with Crippen LogP contribution in [0.15, 0.2) is 0 Å². The zero-order valence-electron chi connectivity index (χ0n) is 10.1. The number of aliphatic hydroxyl groups excluding tert-OH is 1. The van der Waals surface area contributed by atoms with Gasteiger partial charge in [0.05, 0.1) is 6.54 Å². The second kappa shape index (κ2) is 4.93. The van der Waals surface area contributed by atoms with E-state index in [0.29, 0.717) is 12.5 Å². The number of rotatable bonds is 3. The molecule has 90 valence electrons. The van der Waals surface area contributed by atoms with Crippen LogP contribution in [-0.4, -0.2) is 44.5 Å². The first kappa shape index (κ1) is 11.5. The summed E-state index contributed by atoms with van der Waals surface area (Å²) in [5, 5.41) is 17.4. The van der Waals surface area contributed by atoms with E-state index in [1.807, 2.05) is 18.5 Å². The molecule has 0 saturated carbocycles. The maximum absolute atomic E-state index is 9.17. The van der Waals surface area contributed by atoms with Crippen molar-refractivity contribution in [1.29, 1.82) is 0 Å². The molecule has 0 bridgehead atoms. The van der Waals surface area contributed by atoms with Crippen molar-refractivity contribution in [2.24, 2.45) is 13.0 Å². The molecule has 0 aliphatic carbocycles. The standard InChI is InChI=1S/C11H20N4O/c1-9-12-13-11(14(9)2)7-15-5-3-4-10(6-15)8-16/h10,16H,3-8H2,1-2H3. The molecule has 1 aromatic rings. The van der Waals surface area contributed by atoms with Crippen molar-refractivity contribution in [2.45, 2.75) is 26.3 Å². The summed E-state index contributed by atoms with van der Waals surface area (Å²) in [6.45, 7) is 5.18. The van der Waals surface area contributed by atoms with E-state index in [0.717, 1.165) is 37.7 Å². The molecule has 1 fully saturated rings. The summed E-state index contributed by atoms with van der Waals surface area (Å²) in [6, 6.07) is 0. The maximum Gasteiger partial charge on any atom is 0.146 e. The lowest BCUT2D eigenvalue weighted by molar-refractivity contribution is 0.113. The molecule has 1 unspecified atom stereocenters. The molecular formula is C11H20N4O. The van der Waals surface area contributed by atoms with Gasteiger partial charge in [-0.15, -0.1) is 10.2 Å². The van der Waals surface area contributed by atoms with Crippen molar-refractivity contribution in [3.8, 4) is 0 Å². The smallest absolute Gasteiger partial charge is 0.146 e. The third-order valence-corrected chi connectivity index (χ3v) is 3.41. The first-order chi connectivity index (χ1) is 7.70. The number of aryl methyl sites for hydroxylation is 1. The van der Waals surface area contributed by atoms with E-state index in [1.54, 1.807) is 0 Å². The molecule has 0 aromatic carbocycles. The van der Waals surface area contributed by atoms with Gasteiger partial charge in [0, 0.05) is 20.2 Å². The fourth-order valence-corrected chi connectivity index (χ4v) is 2.23. The van der Waals surface area contributed by atoms with Gasteiger partial charge in [-0.1, -0.05) is 0 Å². The Labute approximate surface area is 96.1 Å². The molecule has 0 radical (unpaired) electrons. The Morgan fingerprint density at radius 2 is 2.25 bits per heavy atom. The topological polar surface area (TPSA) is 54.2 Å². The summed E-state index contributed by atoms with van der Waals surface area (Å²) in [4.78, 5) is 2.36. The van der Waals surface area contributed by atoms with Gasteiger partial charge in [0.2, 0.25) is 0 Å². The quantitative estimate of drug-likeness (QED) is 0.804. The van der Waals surface area contributed by atoms with Gasteiger partial charge in [-0.2, -0.15) is 0 Å². The summed E-state index contributed by atoms with van der Waals surface area (Å²) in [5.41, 5.74) is 0. The van der Waals surface area contributed by atoms with Crippen molar-refractivity contribution >= 4 is 0 Å². The molecule has 1 N–H and O–H groups in total. The van der Waals surface area contributed by atoms with Crippen molar-refractivity contribution < 1.29 is 5.11 Å². The van der Waals surface area contributed by atoms with Gasteiger partial charge in [-0.25, -0.2) is 0 Å². The Bertz CT molecular complexity index is 350. The zero-order chi connectivity index (χ0) is 11.5. The van der Waals surface area contributed by atoms with Gasteiger partial charge in [0.1, 0.15) is 11.6 Å². The molecule has 2 heterocycles. The lowest BCUT2D eigenvalue weighted by Crippen LogP contribution is -2.36. The van der Waals surface area contributed by atoms with Crippen molar-refractivity contribution in [2.75, 3.05) is 19.7 Å². The molecule has 1 atom stereocenters. The minimum absolute atomic E-state index is 0.300. The lowest BCUT2D eigenvalue weighted by Gasteiger charge is -2.31. The van der Waals surface area contributed by atoms with Crippen LogP contribution in [0.1, 0.15) is 24.5 Å². The minimum Gasteiger partial charge on any atom is -0.396 e. The van der Waals surface area contributed by atoms with E-state index in [4.69, 9.17) is 0 Å². The molecule has 1 aliphatic heterocycles. The predicted octanol–water partition coefficient (Wildman–Crippen LogP) is 0.328. The predicted molar refractivity (Wildman–Crippen MR) is 60.8 cm³/mol. The minimum atomic E-state index is 0.300. The first-order valence-electron chi connectivity index (χ1n) is 5.88. The Balaban J connectivity index is 1.96. The van der Waals surface area contributed by atoms with Crippen LogP contribution in [0.5, 0.6) is 0 Å². The van der Waals surface area contributed by atoms with Crippen LogP contribution >= 0.6 is 0 Å². The van der Waals surface area contributed by atoms with Crippen molar-refractivity contribution in [3.63, 3.8) is 0 Å². The van der Waals surface area contributed by atoms with E-state index in [2.05, 4.69) is 15.1 Å². The molecule has 5 nitrogen and oxygen atoms in total. The number of likely N-dealkylation sites (tertiary alicyclic amines) is 1. The summed E-state index contributed by atoms with van der Waals surface area (Å²) in [7, 11) is 2.00. The fraction of sp³-hybridized carbons (Fsp3) is 0.818. The molecule has 1 saturated heterocycles. The maximum atomic E-state index is 9.17. The first-order valence-corrected chi connectivity index (χ1v) is 5.88. The van der Waals surface area contributed by atoms with Crippen LogP contribution in [-0.2, 0) is 13.6 Å². The van der Waals surface area contributed by atoms with Gasteiger partial charge in [-0.3, -0.25) is 4.90 Å². The van der Waals surface area contributed by atoms with Crippen LogP contribution in [0.2, 0.25) is 0 Å². The highest BCUT2D eigenvalue weighted by molar-refractivity contribution is 4.93. The lowest BCUT2D eigenvalue weighted by atomic mass is 9.99. The largest absolute Gasteiger partial charge is 0.396 e. The van der Waals surface area contributed by atoms with Crippen LogP contribution in [0.4, 0.5) is 0 Å². The molecule has 0 amide bonds. The SMILES string of the molecule is Cc1nnc(CN2CCCC(CO)C2)n1C. The molecule has 16 heavy (non-hydrogen) atoms. The van der Waals surface area contributed by atoms with Crippen molar-refractivity contribution in [3.05, 3.63) is 11.6 Å². The third-order valence-electron chi connectivity index (χ3n) is 3.41. The number of hydrogen-bond donors (Lipinski definition) is 1. The average Bonchev–Trinajstić information content (AvgIpc) is 2.61. The highest BCUT2D eigenvalue weighted by atomic mass is 16.3. The Hall–Kier alpha value is -0.940. The number of aliphatic hydroxyl groups is 1. The number of nitrogens with zero attached hydrogens (tertiary/aromatic N) is 4. The van der Waals surface area contributed by atoms with Gasteiger partial charge in [-0.05, 0) is 32.2 Å². The molecule has 1 aromatic heterocycles. The van der Waals surface area contributed by atoms with Crippen LogP contribution in [0.3, 0.4) is 0 Å². The van der Waals surface area contributed by atoms with Crippen LogP contribution in [0, 0.1) is 12.8 Å². The molecule has 2 rings (SSSR count). The van der Waals surface area contributed by atoms with Crippen LogP contribution < -0.4 is 0 Å². The summed E-state index contributed by atoms with van der Waals surface area (Å²) in [6.07, 6.45) is 2.31. The zero-order valence-corrected chi connectivity index (χ0v) is 10.1. The fourth-order valence-electron chi connectivity index (χ4n) is 2.23. The van der Waals surface area contributed by atoms with Crippen LogP contribution in [0.25, 0.3) is 0 Å². The number of hydrogen-bond acceptors (Lipinski definition) is 4. The third kappa shape index (κ3) is 2.41. The van der Waals surface area contributed by atoms with E-state index in [9.17, 15) is 5.11 Å². The Morgan fingerprint density at radius 1 is 1.44 bits per heavy atom. The molecule has 0 spiro atoms. The monoisotopic (exact) mass is 224 g/mol. The van der Waals surface area contributed by atoms with E-state index >= 15 is 0 Å². The molecular weight excluding hydrogens is 204 g/mol. The second-order valence-corrected chi connectivity index (χ2v) is 4.65.